The monoisotopic (exact) mass is 447 g/mol. The summed E-state index contributed by atoms with van der Waals surface area (Å²) in [6.07, 6.45) is 0.833. The molecule has 9 heteroatoms. The van der Waals surface area contributed by atoms with Crippen LogP contribution in [-0.4, -0.2) is 36.3 Å². The highest BCUT2D eigenvalue weighted by Gasteiger charge is 2.32. The largest absolute Gasteiger partial charge is 0.317 e. The molecule has 1 saturated heterocycles. The highest BCUT2D eigenvalue weighted by Crippen LogP contribution is 2.25. The van der Waals surface area contributed by atoms with E-state index in [0.29, 0.717) is 24.2 Å². The fraction of sp³-hybridized carbons (Fsp3) is 0.333. The van der Waals surface area contributed by atoms with Crippen molar-refractivity contribution in [2.24, 2.45) is 10.9 Å². The van der Waals surface area contributed by atoms with E-state index in [2.05, 4.69) is 4.99 Å². The first kappa shape index (κ1) is 20.9. The van der Waals surface area contributed by atoms with Gasteiger partial charge in [0, 0.05) is 25.6 Å². The van der Waals surface area contributed by atoms with Gasteiger partial charge in [0.05, 0.1) is 15.1 Å². The van der Waals surface area contributed by atoms with Crippen LogP contribution in [0.1, 0.15) is 19.8 Å². The summed E-state index contributed by atoms with van der Waals surface area (Å²) in [4.78, 5) is 17.9. The quantitative estimate of drug-likeness (QED) is 0.616. The Morgan fingerprint density at radius 3 is 2.47 bits per heavy atom. The third-order valence-electron chi connectivity index (χ3n) is 5.36. The summed E-state index contributed by atoms with van der Waals surface area (Å²) in [5, 5.41) is 0. The van der Waals surface area contributed by atoms with E-state index in [4.69, 9.17) is 0 Å². The van der Waals surface area contributed by atoms with E-state index in [-0.39, 0.29) is 29.8 Å². The molecule has 1 aliphatic rings. The van der Waals surface area contributed by atoms with Crippen molar-refractivity contribution in [3.05, 3.63) is 59.1 Å². The minimum atomic E-state index is -3.69. The van der Waals surface area contributed by atoms with Crippen molar-refractivity contribution >= 4 is 37.5 Å². The van der Waals surface area contributed by atoms with Gasteiger partial charge >= 0.3 is 0 Å². The summed E-state index contributed by atoms with van der Waals surface area (Å²) in [5.41, 5.74) is 1.05. The standard InChI is InChI=1S/C21H22FN3O3S2/c1-2-25-18-5-3-4-6-19(18)29-21(25)23-20(26)15-11-13-24(14-12-15)30(27,28)17-9-7-16(22)8-10-17/h3-10,15H,2,11-14H2,1H3. The number of thiazole rings is 1. The fourth-order valence-electron chi connectivity index (χ4n) is 3.70. The molecule has 0 bridgehead atoms. The number of carbonyl (C=O) groups excluding carboxylic acids is 1. The van der Waals surface area contributed by atoms with Crippen molar-refractivity contribution in [2.75, 3.05) is 13.1 Å². The topological polar surface area (TPSA) is 71.7 Å². The van der Waals surface area contributed by atoms with Gasteiger partial charge < -0.3 is 4.57 Å². The maximum absolute atomic E-state index is 13.1. The number of hydrogen-bond donors (Lipinski definition) is 0. The molecule has 6 nitrogen and oxygen atoms in total. The van der Waals surface area contributed by atoms with Gasteiger partial charge in [0.2, 0.25) is 10.0 Å². The van der Waals surface area contributed by atoms with Crippen LogP contribution in [0.5, 0.6) is 0 Å². The molecule has 158 valence electrons. The Morgan fingerprint density at radius 1 is 1.13 bits per heavy atom. The van der Waals surface area contributed by atoms with Gasteiger partial charge in [0.1, 0.15) is 5.82 Å². The summed E-state index contributed by atoms with van der Waals surface area (Å²) in [6, 6.07) is 12.7. The number of halogens is 1. The van der Waals surface area contributed by atoms with Gasteiger partial charge in [-0.05, 0) is 56.2 Å². The zero-order valence-corrected chi connectivity index (χ0v) is 18.1. The van der Waals surface area contributed by atoms with Crippen molar-refractivity contribution in [1.29, 1.82) is 0 Å². The minimum Gasteiger partial charge on any atom is -0.317 e. The number of hydrogen-bond acceptors (Lipinski definition) is 4. The Morgan fingerprint density at radius 2 is 1.80 bits per heavy atom. The molecule has 0 aliphatic carbocycles. The Kier molecular flexibility index (Phi) is 5.86. The molecule has 0 atom stereocenters. The number of sulfonamides is 1. The average Bonchev–Trinajstić information content (AvgIpc) is 3.11. The van der Waals surface area contributed by atoms with Gasteiger partial charge in [-0.25, -0.2) is 12.8 Å². The second-order valence-corrected chi connectivity index (χ2v) is 10.1. The molecule has 0 radical (unpaired) electrons. The van der Waals surface area contributed by atoms with Gasteiger partial charge in [-0.2, -0.15) is 9.30 Å². The average molecular weight is 448 g/mol. The highest BCUT2D eigenvalue weighted by atomic mass is 32.2. The number of benzene rings is 2. The first-order valence-corrected chi connectivity index (χ1v) is 12.1. The first-order valence-electron chi connectivity index (χ1n) is 9.83. The molecular weight excluding hydrogens is 425 g/mol. The molecule has 3 aromatic rings. The van der Waals surface area contributed by atoms with Crippen molar-refractivity contribution in [1.82, 2.24) is 8.87 Å². The second-order valence-electron chi connectivity index (χ2n) is 7.18. The minimum absolute atomic E-state index is 0.0626. The predicted octanol–water partition coefficient (Wildman–Crippen LogP) is 3.39. The molecule has 1 fully saturated rings. The third kappa shape index (κ3) is 3.97. The number of nitrogens with zero attached hydrogens (tertiary/aromatic N) is 3. The van der Waals surface area contributed by atoms with Crippen LogP contribution in [0.15, 0.2) is 58.4 Å². The van der Waals surface area contributed by atoms with Gasteiger partial charge in [0.25, 0.3) is 5.91 Å². The molecule has 1 aliphatic heterocycles. The number of aromatic nitrogens is 1. The van der Waals surface area contributed by atoms with Crippen molar-refractivity contribution < 1.29 is 17.6 Å². The van der Waals surface area contributed by atoms with Crippen molar-refractivity contribution in [2.45, 2.75) is 31.2 Å². The number of amides is 1. The normalized spacial score (nSPS) is 16.9. The Balaban J connectivity index is 1.50. The Bertz CT molecular complexity index is 1240. The molecule has 2 heterocycles. The summed E-state index contributed by atoms with van der Waals surface area (Å²) in [6.45, 7) is 3.21. The van der Waals surface area contributed by atoms with Crippen LogP contribution in [0, 0.1) is 11.7 Å². The van der Waals surface area contributed by atoms with Crippen LogP contribution >= 0.6 is 11.3 Å². The molecule has 0 spiro atoms. The first-order chi connectivity index (χ1) is 14.4. The van der Waals surface area contributed by atoms with Gasteiger partial charge in [0.15, 0.2) is 4.80 Å². The van der Waals surface area contributed by atoms with Crippen molar-refractivity contribution in [3.63, 3.8) is 0 Å². The molecule has 0 unspecified atom stereocenters. The summed E-state index contributed by atoms with van der Waals surface area (Å²) in [5.74, 6) is -0.992. The molecular formula is C21H22FN3O3S2. The number of carbonyl (C=O) groups is 1. The lowest BCUT2D eigenvalue weighted by Crippen LogP contribution is -2.40. The lowest BCUT2D eigenvalue weighted by atomic mass is 9.98. The lowest BCUT2D eigenvalue weighted by Gasteiger charge is -2.29. The van der Waals surface area contributed by atoms with Gasteiger partial charge in [-0.1, -0.05) is 23.5 Å². The van der Waals surface area contributed by atoms with E-state index >= 15 is 0 Å². The lowest BCUT2D eigenvalue weighted by molar-refractivity contribution is -0.122. The van der Waals surface area contributed by atoms with Crippen molar-refractivity contribution in [3.8, 4) is 0 Å². The molecule has 1 amide bonds. The van der Waals surface area contributed by atoms with Crippen LogP contribution in [-0.2, 0) is 21.4 Å². The number of para-hydroxylation sites is 1. The van der Waals surface area contributed by atoms with E-state index in [1.165, 1.54) is 27.8 Å². The number of rotatable bonds is 4. The zero-order valence-electron chi connectivity index (χ0n) is 16.5. The van der Waals surface area contributed by atoms with Crippen LogP contribution < -0.4 is 4.80 Å². The van der Waals surface area contributed by atoms with Crippen LogP contribution in [0.25, 0.3) is 10.2 Å². The summed E-state index contributed by atoms with van der Waals surface area (Å²) >= 11 is 1.48. The van der Waals surface area contributed by atoms with E-state index in [1.807, 2.05) is 35.8 Å². The van der Waals surface area contributed by atoms with Crippen LogP contribution in [0.2, 0.25) is 0 Å². The number of piperidine rings is 1. The van der Waals surface area contributed by atoms with E-state index in [9.17, 15) is 17.6 Å². The molecule has 4 rings (SSSR count). The summed E-state index contributed by atoms with van der Waals surface area (Å²) < 4.78 is 43.0. The fourth-order valence-corrected chi connectivity index (χ4v) is 6.27. The molecule has 30 heavy (non-hydrogen) atoms. The van der Waals surface area contributed by atoms with Crippen LogP contribution in [0.4, 0.5) is 4.39 Å². The van der Waals surface area contributed by atoms with E-state index in [1.54, 1.807) is 0 Å². The summed E-state index contributed by atoms with van der Waals surface area (Å²) in [7, 11) is -3.69. The number of aryl methyl sites for hydroxylation is 1. The third-order valence-corrected chi connectivity index (χ3v) is 8.34. The van der Waals surface area contributed by atoms with Gasteiger partial charge in [-0.15, -0.1) is 0 Å². The van der Waals surface area contributed by atoms with Crippen LogP contribution in [0.3, 0.4) is 0 Å². The Hall–Kier alpha value is -2.36. The van der Waals surface area contributed by atoms with E-state index < -0.39 is 15.8 Å². The molecule has 0 saturated carbocycles. The molecule has 2 aromatic carbocycles. The maximum Gasteiger partial charge on any atom is 0.251 e. The smallest absolute Gasteiger partial charge is 0.251 e. The second kappa shape index (κ2) is 8.41. The maximum atomic E-state index is 13.1. The highest BCUT2D eigenvalue weighted by molar-refractivity contribution is 7.89. The SMILES string of the molecule is CCn1c(=NC(=O)C2CCN(S(=O)(=O)c3ccc(F)cc3)CC2)sc2ccccc21. The molecule has 1 aromatic heterocycles. The van der Waals surface area contributed by atoms with Gasteiger partial charge in [-0.3, -0.25) is 4.79 Å². The Labute approximate surface area is 178 Å². The van der Waals surface area contributed by atoms with E-state index in [0.717, 1.165) is 22.3 Å². The zero-order chi connectivity index (χ0) is 21.3. The molecule has 0 N–H and O–H groups in total. The number of fused-ring (bicyclic) bond motifs is 1. The predicted molar refractivity (Wildman–Crippen MR) is 114 cm³/mol.